The predicted molar refractivity (Wildman–Crippen MR) is 70.8 cm³/mol. The smallest absolute Gasteiger partial charge is 0.247 e. The van der Waals surface area contributed by atoms with Gasteiger partial charge in [0.2, 0.25) is 11.8 Å². The van der Waals surface area contributed by atoms with Crippen LogP contribution in [-0.2, 0) is 6.54 Å². The second-order valence-electron chi connectivity index (χ2n) is 4.71. The summed E-state index contributed by atoms with van der Waals surface area (Å²) in [5.41, 5.74) is 0.918. The summed E-state index contributed by atoms with van der Waals surface area (Å²) in [5, 5.41) is 8.21. The van der Waals surface area contributed by atoms with Gasteiger partial charge in [0.05, 0.1) is 13.7 Å². The summed E-state index contributed by atoms with van der Waals surface area (Å²) in [6, 6.07) is 7.62. The minimum Gasteiger partial charge on any atom is -0.497 e. The molecule has 1 aromatic heterocycles. The van der Waals surface area contributed by atoms with E-state index < -0.39 is 0 Å². The van der Waals surface area contributed by atoms with E-state index in [0.29, 0.717) is 11.8 Å². The first-order valence-electron chi connectivity index (χ1n) is 6.54. The van der Waals surface area contributed by atoms with Gasteiger partial charge in [-0.2, -0.15) is 0 Å². The van der Waals surface area contributed by atoms with Gasteiger partial charge in [0, 0.05) is 5.56 Å². The Balaban J connectivity index is 1.72. The molecule has 5 nitrogen and oxygen atoms in total. The van der Waals surface area contributed by atoms with Gasteiger partial charge < -0.3 is 9.15 Å². The van der Waals surface area contributed by atoms with E-state index in [0.717, 1.165) is 30.9 Å². The molecule has 0 spiro atoms. The molecule has 1 saturated heterocycles. The van der Waals surface area contributed by atoms with Gasteiger partial charge in [-0.1, -0.05) is 0 Å². The first-order valence-corrected chi connectivity index (χ1v) is 6.54. The molecule has 0 N–H and O–H groups in total. The summed E-state index contributed by atoms with van der Waals surface area (Å²) in [7, 11) is 1.65. The Bertz CT molecular complexity index is 530. The van der Waals surface area contributed by atoms with E-state index >= 15 is 0 Å². The van der Waals surface area contributed by atoms with Crippen molar-refractivity contribution in [1.29, 1.82) is 0 Å². The molecule has 0 aliphatic carbocycles. The molecule has 1 aliphatic rings. The highest BCUT2D eigenvalue weighted by molar-refractivity contribution is 5.53. The molecule has 2 heterocycles. The van der Waals surface area contributed by atoms with Crippen molar-refractivity contribution in [2.75, 3.05) is 20.2 Å². The molecule has 0 radical (unpaired) electrons. The summed E-state index contributed by atoms with van der Waals surface area (Å²) in [5.74, 6) is 2.07. The molecule has 19 heavy (non-hydrogen) atoms. The average Bonchev–Trinajstić information content (AvgIpc) is 3.11. The number of hydrogen-bond acceptors (Lipinski definition) is 5. The third-order valence-corrected chi connectivity index (χ3v) is 3.36. The molecule has 1 fully saturated rings. The fraction of sp³-hybridized carbons (Fsp3) is 0.429. The van der Waals surface area contributed by atoms with Gasteiger partial charge in [0.25, 0.3) is 0 Å². The minimum atomic E-state index is 0.567. The first-order chi connectivity index (χ1) is 9.35. The predicted octanol–water partition coefficient (Wildman–Crippen LogP) is 2.34. The summed E-state index contributed by atoms with van der Waals surface area (Å²) >= 11 is 0. The molecular formula is C14H17N3O2. The van der Waals surface area contributed by atoms with Crippen molar-refractivity contribution in [3.8, 4) is 17.2 Å². The molecule has 0 amide bonds. The van der Waals surface area contributed by atoms with Crippen LogP contribution in [-0.4, -0.2) is 35.3 Å². The molecule has 100 valence electrons. The van der Waals surface area contributed by atoms with E-state index in [1.807, 2.05) is 24.3 Å². The second-order valence-corrected chi connectivity index (χ2v) is 4.71. The van der Waals surface area contributed by atoms with Crippen LogP contribution in [0.1, 0.15) is 18.7 Å². The van der Waals surface area contributed by atoms with Crippen molar-refractivity contribution in [3.63, 3.8) is 0 Å². The zero-order chi connectivity index (χ0) is 13.1. The summed E-state index contributed by atoms with van der Waals surface area (Å²) in [6.45, 7) is 3.00. The van der Waals surface area contributed by atoms with E-state index in [1.165, 1.54) is 12.8 Å². The lowest BCUT2D eigenvalue weighted by Crippen LogP contribution is -2.18. The largest absolute Gasteiger partial charge is 0.497 e. The third-order valence-electron chi connectivity index (χ3n) is 3.36. The molecule has 1 aromatic carbocycles. The zero-order valence-electron chi connectivity index (χ0n) is 11.0. The van der Waals surface area contributed by atoms with Gasteiger partial charge in [0.1, 0.15) is 5.75 Å². The van der Waals surface area contributed by atoms with Gasteiger partial charge in [-0.15, -0.1) is 10.2 Å². The highest BCUT2D eigenvalue weighted by Gasteiger charge is 2.16. The van der Waals surface area contributed by atoms with Crippen molar-refractivity contribution >= 4 is 0 Å². The Morgan fingerprint density at radius 1 is 1.16 bits per heavy atom. The third kappa shape index (κ3) is 2.76. The van der Waals surface area contributed by atoms with E-state index in [9.17, 15) is 0 Å². The Morgan fingerprint density at radius 3 is 2.58 bits per heavy atom. The van der Waals surface area contributed by atoms with Gasteiger partial charge >= 0.3 is 0 Å². The summed E-state index contributed by atoms with van der Waals surface area (Å²) in [4.78, 5) is 2.34. The molecule has 0 saturated carbocycles. The highest BCUT2D eigenvalue weighted by atomic mass is 16.5. The lowest BCUT2D eigenvalue weighted by molar-refractivity contribution is 0.292. The normalized spacial score (nSPS) is 15.8. The Morgan fingerprint density at radius 2 is 1.89 bits per heavy atom. The van der Waals surface area contributed by atoms with Crippen LogP contribution in [0.3, 0.4) is 0 Å². The maximum atomic E-state index is 5.70. The van der Waals surface area contributed by atoms with Gasteiger partial charge in [0.15, 0.2) is 0 Å². The van der Waals surface area contributed by atoms with E-state index in [2.05, 4.69) is 15.1 Å². The fourth-order valence-corrected chi connectivity index (χ4v) is 2.30. The number of methoxy groups -OCH3 is 1. The Labute approximate surface area is 112 Å². The first kappa shape index (κ1) is 12.2. The Kier molecular flexibility index (Phi) is 3.46. The zero-order valence-corrected chi connectivity index (χ0v) is 11.0. The van der Waals surface area contributed by atoms with Crippen LogP contribution in [0, 0.1) is 0 Å². The van der Waals surface area contributed by atoms with Crippen molar-refractivity contribution < 1.29 is 9.15 Å². The standard InChI is InChI=1S/C14H17N3O2/c1-18-12-6-4-11(5-7-12)14-16-15-13(19-14)10-17-8-2-3-9-17/h4-7H,2-3,8-10H2,1H3. The van der Waals surface area contributed by atoms with Crippen molar-refractivity contribution in [2.45, 2.75) is 19.4 Å². The van der Waals surface area contributed by atoms with Gasteiger partial charge in [-0.3, -0.25) is 4.90 Å². The van der Waals surface area contributed by atoms with Crippen LogP contribution in [0.5, 0.6) is 5.75 Å². The highest BCUT2D eigenvalue weighted by Crippen LogP contribution is 2.22. The second kappa shape index (κ2) is 5.40. The molecule has 1 aliphatic heterocycles. The molecule has 0 atom stereocenters. The lowest BCUT2D eigenvalue weighted by Gasteiger charge is -2.10. The van der Waals surface area contributed by atoms with Crippen LogP contribution in [0.4, 0.5) is 0 Å². The number of rotatable bonds is 4. The number of likely N-dealkylation sites (tertiary alicyclic amines) is 1. The molecule has 2 aromatic rings. The lowest BCUT2D eigenvalue weighted by atomic mass is 10.2. The molecule has 0 unspecified atom stereocenters. The van der Waals surface area contributed by atoms with Crippen LogP contribution in [0.2, 0.25) is 0 Å². The topological polar surface area (TPSA) is 51.4 Å². The van der Waals surface area contributed by atoms with Crippen LogP contribution in [0.25, 0.3) is 11.5 Å². The maximum absolute atomic E-state index is 5.70. The average molecular weight is 259 g/mol. The molecule has 5 heteroatoms. The minimum absolute atomic E-state index is 0.567. The van der Waals surface area contributed by atoms with Crippen LogP contribution in [0.15, 0.2) is 28.7 Å². The van der Waals surface area contributed by atoms with Crippen LogP contribution < -0.4 is 4.74 Å². The van der Waals surface area contributed by atoms with Gasteiger partial charge in [-0.05, 0) is 50.2 Å². The number of aromatic nitrogens is 2. The Hall–Kier alpha value is -1.88. The van der Waals surface area contributed by atoms with Crippen molar-refractivity contribution in [3.05, 3.63) is 30.2 Å². The summed E-state index contributed by atoms with van der Waals surface area (Å²) < 4.78 is 10.8. The summed E-state index contributed by atoms with van der Waals surface area (Å²) in [6.07, 6.45) is 2.53. The number of benzene rings is 1. The fourth-order valence-electron chi connectivity index (χ4n) is 2.30. The van der Waals surface area contributed by atoms with E-state index in [4.69, 9.17) is 9.15 Å². The number of nitrogens with zero attached hydrogens (tertiary/aromatic N) is 3. The van der Waals surface area contributed by atoms with Gasteiger partial charge in [-0.25, -0.2) is 0 Å². The molecular weight excluding hydrogens is 242 g/mol. The number of ether oxygens (including phenoxy) is 1. The molecule has 3 rings (SSSR count). The monoisotopic (exact) mass is 259 g/mol. The SMILES string of the molecule is COc1ccc(-c2nnc(CN3CCCC3)o2)cc1. The quantitative estimate of drug-likeness (QED) is 0.843. The van der Waals surface area contributed by atoms with E-state index in [1.54, 1.807) is 7.11 Å². The van der Waals surface area contributed by atoms with Crippen molar-refractivity contribution in [1.82, 2.24) is 15.1 Å². The molecule has 0 bridgehead atoms. The van der Waals surface area contributed by atoms with E-state index in [-0.39, 0.29) is 0 Å². The number of hydrogen-bond donors (Lipinski definition) is 0. The van der Waals surface area contributed by atoms with Crippen LogP contribution >= 0.6 is 0 Å². The maximum Gasteiger partial charge on any atom is 0.247 e. The van der Waals surface area contributed by atoms with Crippen molar-refractivity contribution in [2.24, 2.45) is 0 Å².